The van der Waals surface area contributed by atoms with Crippen molar-refractivity contribution in [2.75, 3.05) is 43.1 Å². The molecule has 226 valence electrons. The van der Waals surface area contributed by atoms with Gasteiger partial charge in [0.2, 0.25) is 11.8 Å². The number of anilines is 2. The highest BCUT2D eigenvalue weighted by Gasteiger charge is 2.45. The Bertz CT molecular complexity index is 1690. The van der Waals surface area contributed by atoms with Gasteiger partial charge in [0.05, 0.1) is 24.2 Å². The number of benzene rings is 2. The number of amides is 2. The third-order valence-corrected chi connectivity index (χ3v) is 8.32. The van der Waals surface area contributed by atoms with Crippen LogP contribution in [0.3, 0.4) is 0 Å². The van der Waals surface area contributed by atoms with E-state index < -0.39 is 5.41 Å². The lowest BCUT2D eigenvalue weighted by Crippen LogP contribution is -2.47. The van der Waals surface area contributed by atoms with E-state index in [9.17, 15) is 14.4 Å². The molecule has 0 radical (unpaired) electrons. The molecule has 1 aliphatic rings. The molecule has 0 atom stereocenters. The van der Waals surface area contributed by atoms with Gasteiger partial charge in [-0.1, -0.05) is 24.3 Å². The quantitative estimate of drug-likeness (QED) is 0.177. The van der Waals surface area contributed by atoms with Crippen LogP contribution < -0.4 is 20.1 Å². The zero-order chi connectivity index (χ0) is 30.7. The van der Waals surface area contributed by atoms with Gasteiger partial charge in [-0.3, -0.25) is 19.3 Å². The summed E-state index contributed by atoms with van der Waals surface area (Å²) in [6.45, 7) is 11.1. The summed E-state index contributed by atoms with van der Waals surface area (Å²) in [5.74, 6) is 0.189. The van der Waals surface area contributed by atoms with Gasteiger partial charge in [0, 0.05) is 57.4 Å². The molecule has 0 fully saturated rings. The Hall–Kier alpha value is -4.37. The number of aryl methyl sites for hydroxylation is 1. The molecular weight excluding hydrogens is 544 g/mol. The summed E-state index contributed by atoms with van der Waals surface area (Å²) >= 11 is 0. The first kappa shape index (κ1) is 30.1. The molecule has 5 rings (SSSR count). The predicted molar refractivity (Wildman–Crippen MR) is 169 cm³/mol. The molecular formula is C34H40N4O5. The molecule has 2 amide bonds. The van der Waals surface area contributed by atoms with E-state index in [2.05, 4.69) is 24.0 Å². The fourth-order valence-electron chi connectivity index (χ4n) is 5.67. The Morgan fingerprint density at radius 3 is 2.51 bits per heavy atom. The van der Waals surface area contributed by atoms with Crippen LogP contribution in [-0.4, -0.2) is 54.6 Å². The molecule has 2 aromatic carbocycles. The molecule has 0 aliphatic carbocycles. The Balaban J connectivity index is 1.26. The smallest absolute Gasteiger partial charge is 0.294 e. The zero-order valence-electron chi connectivity index (χ0n) is 25.6. The molecule has 1 aliphatic heterocycles. The molecule has 9 heteroatoms. The normalized spacial score (nSPS) is 14.8. The summed E-state index contributed by atoms with van der Waals surface area (Å²) in [7, 11) is 1.71. The second-order valence-electron chi connectivity index (χ2n) is 11.6. The van der Waals surface area contributed by atoms with E-state index in [1.807, 2.05) is 49.5 Å². The summed E-state index contributed by atoms with van der Waals surface area (Å²) in [5.41, 5.74) is 2.93. The minimum absolute atomic E-state index is 0.125. The fraction of sp³-hybridized carbons (Fsp3) is 0.382. The van der Waals surface area contributed by atoms with Gasteiger partial charge in [0.15, 0.2) is 5.58 Å². The van der Waals surface area contributed by atoms with Crippen molar-refractivity contribution in [3.63, 3.8) is 0 Å². The first-order valence-electron chi connectivity index (χ1n) is 14.8. The molecule has 43 heavy (non-hydrogen) atoms. The van der Waals surface area contributed by atoms with Gasteiger partial charge in [0.1, 0.15) is 11.2 Å². The third kappa shape index (κ3) is 6.08. The number of hydrogen-bond acceptors (Lipinski definition) is 6. The van der Waals surface area contributed by atoms with Gasteiger partial charge in [-0.05, 0) is 69.5 Å². The van der Waals surface area contributed by atoms with Crippen molar-refractivity contribution in [1.82, 2.24) is 9.47 Å². The molecule has 2 aromatic heterocycles. The largest absolute Gasteiger partial charge is 0.493 e. The number of aromatic nitrogens is 1. The Kier molecular flexibility index (Phi) is 8.73. The van der Waals surface area contributed by atoms with Crippen LogP contribution in [0.25, 0.3) is 11.0 Å². The van der Waals surface area contributed by atoms with Crippen molar-refractivity contribution in [3.8, 4) is 5.75 Å². The van der Waals surface area contributed by atoms with Gasteiger partial charge in [-0.25, -0.2) is 0 Å². The van der Waals surface area contributed by atoms with Gasteiger partial charge in [-0.2, -0.15) is 0 Å². The zero-order valence-corrected chi connectivity index (χ0v) is 25.6. The maximum Gasteiger partial charge on any atom is 0.294 e. The average molecular weight is 585 g/mol. The Morgan fingerprint density at radius 1 is 0.953 bits per heavy atom. The van der Waals surface area contributed by atoms with E-state index in [4.69, 9.17) is 9.15 Å². The second kappa shape index (κ2) is 12.5. The van der Waals surface area contributed by atoms with E-state index in [1.165, 1.54) is 11.1 Å². The average Bonchev–Trinajstić information content (AvgIpc) is 3.48. The Labute approximate surface area is 252 Å². The molecule has 0 N–H and O–H groups in total. The summed E-state index contributed by atoms with van der Waals surface area (Å²) in [4.78, 5) is 44.8. The molecule has 4 aromatic rings. The van der Waals surface area contributed by atoms with E-state index >= 15 is 0 Å². The van der Waals surface area contributed by atoms with Crippen LogP contribution >= 0.6 is 0 Å². The van der Waals surface area contributed by atoms with Crippen LogP contribution in [0.2, 0.25) is 0 Å². The van der Waals surface area contributed by atoms with E-state index in [0.717, 1.165) is 24.9 Å². The molecule has 0 spiro atoms. The minimum atomic E-state index is -1.15. The van der Waals surface area contributed by atoms with Crippen LogP contribution in [0.1, 0.15) is 38.3 Å². The van der Waals surface area contributed by atoms with Crippen molar-refractivity contribution in [3.05, 3.63) is 88.5 Å². The highest BCUT2D eigenvalue weighted by molar-refractivity contribution is 6.20. The fourth-order valence-corrected chi connectivity index (χ4v) is 5.67. The number of hydrogen-bond donors (Lipinski definition) is 0. The molecule has 9 nitrogen and oxygen atoms in total. The van der Waals surface area contributed by atoms with Crippen molar-refractivity contribution in [1.29, 1.82) is 0 Å². The summed E-state index contributed by atoms with van der Waals surface area (Å²) in [6, 6.07) is 17.6. The number of furan rings is 1. The maximum atomic E-state index is 13.2. The molecule has 3 heterocycles. The SMILES string of the molecule is CCN1C(=O)C(C)(C)C(=O)N(C)c2cc(OCCCN(CCn3ccc4ccoc4c3=O)Cc3ccccc3C)ccc21. The van der Waals surface area contributed by atoms with Crippen LogP contribution in [0.4, 0.5) is 11.4 Å². The number of rotatable bonds is 11. The predicted octanol–water partition coefficient (Wildman–Crippen LogP) is 5.23. The van der Waals surface area contributed by atoms with Crippen molar-refractivity contribution in [2.24, 2.45) is 5.41 Å². The van der Waals surface area contributed by atoms with Gasteiger partial charge >= 0.3 is 0 Å². The van der Waals surface area contributed by atoms with Crippen LogP contribution in [0, 0.1) is 12.3 Å². The summed E-state index contributed by atoms with van der Waals surface area (Å²) in [6.07, 6.45) is 4.13. The number of nitrogens with zero attached hydrogens (tertiary/aromatic N) is 4. The highest BCUT2D eigenvalue weighted by Crippen LogP contribution is 2.40. The first-order chi connectivity index (χ1) is 20.6. The monoisotopic (exact) mass is 584 g/mol. The number of carbonyl (C=O) groups excluding carboxylic acids is 2. The van der Waals surface area contributed by atoms with E-state index in [1.54, 1.807) is 47.6 Å². The molecule has 0 unspecified atom stereocenters. The van der Waals surface area contributed by atoms with Gasteiger partial charge in [-0.15, -0.1) is 0 Å². The highest BCUT2D eigenvalue weighted by atomic mass is 16.5. The minimum Gasteiger partial charge on any atom is -0.493 e. The number of carbonyl (C=O) groups is 2. The van der Waals surface area contributed by atoms with E-state index in [0.29, 0.717) is 48.9 Å². The molecule has 0 saturated heterocycles. The third-order valence-electron chi connectivity index (χ3n) is 8.32. The van der Waals surface area contributed by atoms with Crippen LogP contribution in [0.5, 0.6) is 5.75 Å². The summed E-state index contributed by atoms with van der Waals surface area (Å²) < 4.78 is 13.3. The van der Waals surface area contributed by atoms with Gasteiger partial charge < -0.3 is 23.5 Å². The topological polar surface area (TPSA) is 88.2 Å². The van der Waals surface area contributed by atoms with E-state index in [-0.39, 0.29) is 17.4 Å². The van der Waals surface area contributed by atoms with Crippen molar-refractivity contribution >= 4 is 34.2 Å². The van der Waals surface area contributed by atoms with Crippen molar-refractivity contribution < 1.29 is 18.7 Å². The number of pyridine rings is 1. The maximum absolute atomic E-state index is 13.2. The second-order valence-corrected chi connectivity index (χ2v) is 11.6. The summed E-state index contributed by atoms with van der Waals surface area (Å²) in [5, 5.41) is 0.807. The lowest BCUT2D eigenvalue weighted by atomic mass is 9.90. The van der Waals surface area contributed by atoms with Crippen molar-refractivity contribution in [2.45, 2.75) is 47.2 Å². The van der Waals surface area contributed by atoms with Crippen LogP contribution in [-0.2, 0) is 22.7 Å². The van der Waals surface area contributed by atoms with Crippen LogP contribution in [0.15, 0.2) is 76.3 Å². The number of fused-ring (bicyclic) bond motifs is 2. The van der Waals surface area contributed by atoms with Gasteiger partial charge in [0.25, 0.3) is 5.56 Å². The standard InChI is InChI=1S/C34H40N4O5/c1-6-38-28-13-12-27(22-29(28)35(5)32(40)34(3,4)33(38)41)42-20-9-16-36(23-26-11-8-7-10-24(26)2)18-19-37-17-14-25-15-21-43-30(25)31(37)39/h7-8,10-15,17,21-22H,6,9,16,18-20,23H2,1-5H3. The first-order valence-corrected chi connectivity index (χ1v) is 14.8. The molecule has 0 saturated carbocycles. The molecule has 0 bridgehead atoms. The Morgan fingerprint density at radius 2 is 1.74 bits per heavy atom. The lowest BCUT2D eigenvalue weighted by Gasteiger charge is -2.27. The number of ether oxygens (including phenoxy) is 1. The lowest BCUT2D eigenvalue weighted by molar-refractivity contribution is -0.137.